The Balaban J connectivity index is 1.94. The molecule has 21 heavy (non-hydrogen) atoms. The summed E-state index contributed by atoms with van der Waals surface area (Å²) >= 11 is 0. The minimum absolute atomic E-state index is 0.230. The number of amides is 1. The Morgan fingerprint density at radius 2 is 1.95 bits per heavy atom. The first-order valence-corrected chi connectivity index (χ1v) is 8.13. The van der Waals surface area contributed by atoms with Crippen LogP contribution in [0.2, 0.25) is 0 Å². The van der Waals surface area contributed by atoms with Crippen molar-refractivity contribution in [2.24, 2.45) is 0 Å². The fourth-order valence-electron chi connectivity index (χ4n) is 2.21. The maximum absolute atomic E-state index is 11.3. The van der Waals surface area contributed by atoms with Crippen LogP contribution in [0.5, 0.6) is 0 Å². The van der Waals surface area contributed by atoms with Gasteiger partial charge in [-0.15, -0.1) is 0 Å². The summed E-state index contributed by atoms with van der Waals surface area (Å²) in [5.41, 5.74) is 0.907. The van der Waals surface area contributed by atoms with Crippen molar-refractivity contribution in [2.45, 2.75) is 6.54 Å². The first-order chi connectivity index (χ1) is 9.91. The quantitative estimate of drug-likeness (QED) is 0.770. The Hall–Kier alpha value is -1.32. The molecule has 0 aromatic heterocycles. The molecule has 1 aliphatic heterocycles. The van der Waals surface area contributed by atoms with Gasteiger partial charge in [-0.1, -0.05) is 41.3 Å². The Bertz CT molecular complexity index is 486. The van der Waals surface area contributed by atoms with E-state index in [0.29, 0.717) is 26.2 Å². The normalized spacial score (nSPS) is 20.3. The second kappa shape index (κ2) is 6.63. The molecule has 1 saturated heterocycles. The number of rotatable bonds is 5. The van der Waals surface area contributed by atoms with Gasteiger partial charge in [0.05, 0.1) is 0 Å². The van der Waals surface area contributed by atoms with E-state index in [0.717, 1.165) is 5.56 Å². The van der Waals surface area contributed by atoms with E-state index in [2.05, 4.69) is 0 Å². The minimum Gasteiger partial charge on any atom is -0.465 e. The van der Waals surface area contributed by atoms with Crippen LogP contribution >= 0.6 is 11.0 Å². The van der Waals surface area contributed by atoms with Gasteiger partial charge in [0, 0.05) is 39.8 Å². The van der Waals surface area contributed by atoms with E-state index >= 15 is 0 Å². The number of benzene rings is 1. The highest BCUT2D eigenvalue weighted by Gasteiger charge is 2.34. The molecule has 0 atom stereocenters. The number of carboxylic acid groups (broad SMARTS) is 1. The van der Waals surface area contributed by atoms with Gasteiger partial charge >= 0.3 is 6.09 Å². The van der Waals surface area contributed by atoms with E-state index in [-0.39, 0.29) is 6.54 Å². The van der Waals surface area contributed by atoms with Gasteiger partial charge in [-0.2, -0.15) is 8.61 Å². The van der Waals surface area contributed by atoms with Crippen molar-refractivity contribution in [3.05, 3.63) is 35.9 Å². The topological polar surface area (TPSA) is 87.5 Å². The summed E-state index contributed by atoms with van der Waals surface area (Å²) in [5.74, 6) is 0. The molecule has 1 aromatic carbocycles. The van der Waals surface area contributed by atoms with Gasteiger partial charge < -0.3 is 10.0 Å². The number of likely N-dealkylation sites (N-methyl/N-ethyl adjacent to an activating group) is 1. The van der Waals surface area contributed by atoms with E-state index < -0.39 is 17.1 Å². The maximum atomic E-state index is 11.3. The Kier molecular flexibility index (Phi) is 5.07. The van der Waals surface area contributed by atoms with Crippen LogP contribution in [-0.2, 0) is 6.54 Å². The van der Waals surface area contributed by atoms with Gasteiger partial charge in [0.1, 0.15) is 0 Å². The molecule has 8 heteroatoms. The highest BCUT2D eigenvalue weighted by molar-refractivity contribution is 8.20. The van der Waals surface area contributed by atoms with Crippen molar-refractivity contribution >= 4 is 17.1 Å². The fraction of sp³-hybridized carbons (Fsp3) is 0.462. The monoisotopic (exact) mass is 315 g/mol. The summed E-state index contributed by atoms with van der Waals surface area (Å²) in [6.07, 6.45) is -1.01. The zero-order valence-corrected chi connectivity index (χ0v) is 12.7. The maximum Gasteiger partial charge on any atom is 0.407 e. The molecule has 0 spiro atoms. The van der Waals surface area contributed by atoms with Crippen LogP contribution in [0, 0.1) is 0 Å². The molecule has 0 unspecified atom stereocenters. The van der Waals surface area contributed by atoms with Crippen molar-refractivity contribution in [3.63, 3.8) is 0 Å². The lowest BCUT2D eigenvalue weighted by Gasteiger charge is -2.40. The summed E-state index contributed by atoms with van der Waals surface area (Å²) in [7, 11) is -1.27. The molecule has 0 saturated carbocycles. The smallest absolute Gasteiger partial charge is 0.407 e. The Morgan fingerprint density at radius 3 is 2.48 bits per heavy atom. The van der Waals surface area contributed by atoms with Crippen molar-refractivity contribution in [3.8, 4) is 0 Å². The molecule has 2 rings (SSSR count). The predicted octanol–water partition coefficient (Wildman–Crippen LogP) is 1.99. The van der Waals surface area contributed by atoms with Crippen LogP contribution in [0.15, 0.2) is 30.3 Å². The van der Waals surface area contributed by atoms with Crippen LogP contribution in [0.4, 0.5) is 4.79 Å². The van der Waals surface area contributed by atoms with E-state index in [1.807, 2.05) is 30.3 Å². The largest absolute Gasteiger partial charge is 0.465 e. The molecule has 3 N–H and O–H groups in total. The third-order valence-corrected chi connectivity index (χ3v) is 5.61. The summed E-state index contributed by atoms with van der Waals surface area (Å²) in [6.45, 7) is 1.91. The van der Waals surface area contributed by atoms with Gasteiger partial charge in [-0.25, -0.2) is 4.79 Å². The Labute approximate surface area is 126 Å². The van der Waals surface area contributed by atoms with Crippen LogP contribution in [0.3, 0.4) is 0 Å². The van der Waals surface area contributed by atoms with E-state index in [1.165, 1.54) is 13.5 Å². The van der Waals surface area contributed by atoms with Gasteiger partial charge in [-0.05, 0) is 5.56 Å². The van der Waals surface area contributed by atoms with Crippen LogP contribution in [-0.4, -0.2) is 67.0 Å². The summed E-state index contributed by atoms with van der Waals surface area (Å²) < 4.78 is 23.0. The van der Waals surface area contributed by atoms with Gasteiger partial charge in [-0.3, -0.25) is 9.11 Å². The molecule has 0 radical (unpaired) electrons. The lowest BCUT2D eigenvalue weighted by atomic mass is 10.2. The molecule has 1 heterocycles. The van der Waals surface area contributed by atoms with Crippen molar-refractivity contribution in [1.82, 2.24) is 13.5 Å². The van der Waals surface area contributed by atoms with Crippen molar-refractivity contribution in [2.75, 3.05) is 33.2 Å². The Morgan fingerprint density at radius 1 is 1.29 bits per heavy atom. The van der Waals surface area contributed by atoms with Crippen molar-refractivity contribution in [1.29, 1.82) is 0 Å². The summed E-state index contributed by atoms with van der Waals surface area (Å²) in [5, 5.41) is 9.27. The standard InChI is InChI=1S/C13H21N3O4S/c1-14-7-9-16(21(14,19)20)10-8-15(13(17)18)11-12-5-3-2-4-6-12/h2-6,19-20H,7-11H2,1H3,(H,17,18). The molecule has 1 aromatic rings. The summed E-state index contributed by atoms with van der Waals surface area (Å²) in [4.78, 5) is 12.6. The average Bonchev–Trinajstić information content (AvgIpc) is 2.70. The zero-order chi connectivity index (χ0) is 15.5. The number of hydrogen-bond acceptors (Lipinski definition) is 5. The minimum atomic E-state index is -2.91. The third-order valence-electron chi connectivity index (χ3n) is 3.53. The second-order valence-electron chi connectivity index (χ2n) is 4.96. The van der Waals surface area contributed by atoms with Gasteiger partial charge in [0.2, 0.25) is 0 Å². The first-order valence-electron chi connectivity index (χ1n) is 6.67. The van der Waals surface area contributed by atoms with E-state index in [4.69, 9.17) is 0 Å². The van der Waals surface area contributed by atoms with E-state index in [1.54, 1.807) is 7.05 Å². The highest BCUT2D eigenvalue weighted by atomic mass is 32.3. The van der Waals surface area contributed by atoms with E-state index in [9.17, 15) is 19.0 Å². The molecular weight excluding hydrogens is 294 g/mol. The van der Waals surface area contributed by atoms with Gasteiger partial charge in [0.15, 0.2) is 0 Å². The van der Waals surface area contributed by atoms with Crippen LogP contribution < -0.4 is 0 Å². The lowest BCUT2D eigenvalue weighted by molar-refractivity contribution is 0.139. The van der Waals surface area contributed by atoms with Gasteiger partial charge in [0.25, 0.3) is 0 Å². The molecule has 0 aliphatic carbocycles. The number of carbonyl (C=O) groups is 1. The number of nitrogens with zero attached hydrogens (tertiary/aromatic N) is 3. The van der Waals surface area contributed by atoms with Crippen LogP contribution in [0.1, 0.15) is 5.56 Å². The third kappa shape index (κ3) is 3.86. The SMILES string of the molecule is CN1CCN(CCN(Cc2ccccc2)C(=O)O)S1(O)O. The van der Waals surface area contributed by atoms with Crippen LogP contribution in [0.25, 0.3) is 0 Å². The molecular formula is C13H21N3O4S. The molecule has 1 fully saturated rings. The average molecular weight is 315 g/mol. The highest BCUT2D eigenvalue weighted by Crippen LogP contribution is 2.49. The molecule has 7 nitrogen and oxygen atoms in total. The predicted molar refractivity (Wildman–Crippen MR) is 81.9 cm³/mol. The van der Waals surface area contributed by atoms with Crippen molar-refractivity contribution < 1.29 is 19.0 Å². The zero-order valence-electron chi connectivity index (χ0n) is 11.9. The molecule has 1 aliphatic rings. The molecule has 118 valence electrons. The summed E-state index contributed by atoms with van der Waals surface area (Å²) in [6, 6.07) is 9.34. The molecule has 0 bridgehead atoms. The first kappa shape index (κ1) is 16.1. The lowest BCUT2D eigenvalue weighted by Crippen LogP contribution is -2.38. The number of hydrogen-bond donors (Lipinski definition) is 3. The molecule has 1 amide bonds. The second-order valence-corrected chi connectivity index (χ2v) is 7.08. The fourth-order valence-corrected chi connectivity index (χ4v) is 3.58.